The van der Waals surface area contributed by atoms with E-state index in [1.807, 2.05) is 0 Å². The highest BCUT2D eigenvalue weighted by Gasteiger charge is 2.11. The molecule has 14 heavy (non-hydrogen) atoms. The van der Waals surface area contributed by atoms with Crippen LogP contribution in [0.4, 0.5) is 0 Å². The largest absolute Gasteiger partial charge is 0.497 e. The molecule has 0 atom stereocenters. The molecule has 0 unspecified atom stereocenters. The van der Waals surface area contributed by atoms with Gasteiger partial charge in [-0.25, -0.2) is 0 Å². The first kappa shape index (κ1) is 10.1. The van der Waals surface area contributed by atoms with Gasteiger partial charge in [0.25, 0.3) is 0 Å². The Balaban J connectivity index is 3.46. The Labute approximate surface area is 80.5 Å². The minimum atomic E-state index is -0.143. The molecule has 0 aliphatic rings. The summed E-state index contributed by atoms with van der Waals surface area (Å²) in [5.41, 5.74) is -0.258. The first-order valence-corrected chi connectivity index (χ1v) is 3.63. The number of hydrogen-bond donors (Lipinski definition) is 0. The van der Waals surface area contributed by atoms with Gasteiger partial charge in [0.1, 0.15) is 5.75 Å². The predicted molar refractivity (Wildman–Crippen MR) is 47.4 cm³/mol. The van der Waals surface area contributed by atoms with Gasteiger partial charge in [0, 0.05) is 16.7 Å². The normalized spacial score (nSPS) is 9.21. The van der Waals surface area contributed by atoms with Gasteiger partial charge in [0.15, 0.2) is 0 Å². The van der Waals surface area contributed by atoms with Crippen LogP contribution in [0, 0.1) is 0 Å². The highest BCUT2D eigenvalue weighted by atomic mass is 16.5. The first-order chi connectivity index (χ1) is 6.76. The Bertz CT molecular complexity index is 353. The number of hydrogen-bond acceptors (Lipinski definition) is 4. The lowest BCUT2D eigenvalue weighted by Gasteiger charge is -2.03. The fourth-order valence-electron chi connectivity index (χ4n) is 1.00. The SMILES string of the molecule is COc1cc([C]=O)c([C]=O)c([C]=O)c1. The minimum Gasteiger partial charge on any atom is -0.497 e. The van der Waals surface area contributed by atoms with Crippen molar-refractivity contribution in [2.24, 2.45) is 0 Å². The monoisotopic (exact) mass is 189 g/mol. The average Bonchev–Trinajstić information content (AvgIpc) is 2.26. The molecular formula is C10H5O4. The van der Waals surface area contributed by atoms with Crippen molar-refractivity contribution in [2.45, 2.75) is 0 Å². The second-order valence-corrected chi connectivity index (χ2v) is 2.40. The molecule has 0 bridgehead atoms. The molecule has 0 N–H and O–H groups in total. The second-order valence-electron chi connectivity index (χ2n) is 2.40. The summed E-state index contributed by atoms with van der Waals surface area (Å²) in [4.78, 5) is 31.3. The molecule has 1 aromatic rings. The number of benzene rings is 1. The molecule has 0 aliphatic carbocycles. The summed E-state index contributed by atoms with van der Waals surface area (Å²) in [6.45, 7) is 0. The maximum atomic E-state index is 10.4. The Morgan fingerprint density at radius 1 is 1.00 bits per heavy atom. The van der Waals surface area contributed by atoms with Crippen LogP contribution in [-0.4, -0.2) is 26.0 Å². The third-order valence-corrected chi connectivity index (χ3v) is 1.67. The van der Waals surface area contributed by atoms with Crippen LogP contribution in [-0.2, 0) is 14.4 Å². The predicted octanol–water partition coefficient (Wildman–Crippen LogP) is 0.0686. The summed E-state index contributed by atoms with van der Waals surface area (Å²) in [5.74, 6) is 0.292. The van der Waals surface area contributed by atoms with Gasteiger partial charge in [-0.1, -0.05) is 0 Å². The van der Waals surface area contributed by atoms with Crippen molar-refractivity contribution in [3.8, 4) is 5.75 Å². The third-order valence-electron chi connectivity index (χ3n) is 1.67. The maximum Gasteiger partial charge on any atom is 0.235 e. The Hall–Kier alpha value is -1.97. The number of rotatable bonds is 4. The van der Waals surface area contributed by atoms with E-state index in [4.69, 9.17) is 4.74 Å². The van der Waals surface area contributed by atoms with E-state index in [1.165, 1.54) is 38.1 Å². The lowest BCUT2D eigenvalue weighted by molar-refractivity contribution is 0.414. The molecule has 4 nitrogen and oxygen atoms in total. The van der Waals surface area contributed by atoms with Gasteiger partial charge in [-0.15, -0.1) is 0 Å². The molecule has 1 aromatic carbocycles. The summed E-state index contributed by atoms with van der Waals surface area (Å²) in [6, 6.07) is 2.60. The van der Waals surface area contributed by atoms with Gasteiger partial charge in [0.05, 0.1) is 7.11 Å². The van der Waals surface area contributed by atoms with Crippen LogP contribution >= 0.6 is 0 Å². The molecule has 0 saturated heterocycles. The molecule has 0 aliphatic heterocycles. The molecule has 1 rings (SSSR count). The summed E-state index contributed by atoms with van der Waals surface area (Å²) in [7, 11) is 1.38. The summed E-state index contributed by atoms with van der Waals surface area (Å²) >= 11 is 0. The van der Waals surface area contributed by atoms with E-state index in [0.29, 0.717) is 5.75 Å². The molecule has 0 aromatic heterocycles. The highest BCUT2D eigenvalue weighted by Crippen LogP contribution is 2.18. The van der Waals surface area contributed by atoms with Crippen molar-refractivity contribution in [3.05, 3.63) is 28.8 Å². The molecule has 0 spiro atoms. The van der Waals surface area contributed by atoms with Crippen molar-refractivity contribution in [2.75, 3.05) is 7.11 Å². The molecule has 3 radical (unpaired) electrons. The Morgan fingerprint density at radius 3 is 1.79 bits per heavy atom. The molecule has 69 valence electrons. The zero-order chi connectivity index (χ0) is 10.6. The Kier molecular flexibility index (Phi) is 3.12. The summed E-state index contributed by atoms with van der Waals surface area (Å²) in [6.07, 6.45) is 4.54. The smallest absolute Gasteiger partial charge is 0.235 e. The number of carbonyl (C=O) groups excluding carboxylic acids is 3. The zero-order valence-corrected chi connectivity index (χ0v) is 7.29. The van der Waals surface area contributed by atoms with E-state index < -0.39 is 0 Å². The van der Waals surface area contributed by atoms with Crippen molar-refractivity contribution >= 4 is 18.9 Å². The molecular weight excluding hydrogens is 184 g/mol. The summed E-state index contributed by atoms with van der Waals surface area (Å²) in [5, 5.41) is 0. The fraction of sp³-hybridized carbons (Fsp3) is 0.100. The van der Waals surface area contributed by atoms with Crippen molar-refractivity contribution in [1.29, 1.82) is 0 Å². The zero-order valence-electron chi connectivity index (χ0n) is 7.29. The maximum absolute atomic E-state index is 10.4. The minimum absolute atomic E-state index is 0.0577. The van der Waals surface area contributed by atoms with E-state index in [1.54, 1.807) is 0 Å². The van der Waals surface area contributed by atoms with E-state index >= 15 is 0 Å². The van der Waals surface area contributed by atoms with Crippen LogP contribution in [0.25, 0.3) is 0 Å². The molecule has 0 amide bonds. The second kappa shape index (κ2) is 4.32. The van der Waals surface area contributed by atoms with Gasteiger partial charge in [0.2, 0.25) is 18.9 Å². The lowest BCUT2D eigenvalue weighted by Crippen LogP contribution is -1.99. The molecule has 0 fully saturated rings. The Morgan fingerprint density at radius 2 is 1.50 bits per heavy atom. The van der Waals surface area contributed by atoms with Gasteiger partial charge in [-0.05, 0) is 12.1 Å². The van der Waals surface area contributed by atoms with Gasteiger partial charge >= 0.3 is 0 Å². The van der Waals surface area contributed by atoms with Crippen LogP contribution in [0.1, 0.15) is 16.7 Å². The molecule has 0 heterocycles. The number of ether oxygens (including phenoxy) is 1. The topological polar surface area (TPSA) is 60.4 Å². The average molecular weight is 189 g/mol. The molecule has 4 heteroatoms. The van der Waals surface area contributed by atoms with E-state index in [0.717, 1.165) is 0 Å². The van der Waals surface area contributed by atoms with Crippen LogP contribution in [0.3, 0.4) is 0 Å². The van der Waals surface area contributed by atoms with E-state index in [2.05, 4.69) is 0 Å². The lowest BCUT2D eigenvalue weighted by atomic mass is 10.0. The quantitative estimate of drug-likeness (QED) is 0.672. The van der Waals surface area contributed by atoms with E-state index in [9.17, 15) is 14.4 Å². The van der Waals surface area contributed by atoms with Crippen LogP contribution in [0.15, 0.2) is 12.1 Å². The van der Waals surface area contributed by atoms with Gasteiger partial charge in [-0.3, -0.25) is 14.4 Å². The third kappa shape index (κ3) is 1.69. The van der Waals surface area contributed by atoms with Crippen molar-refractivity contribution in [3.63, 3.8) is 0 Å². The molecule has 0 saturated carbocycles. The fourth-order valence-corrected chi connectivity index (χ4v) is 1.00. The standard InChI is InChI=1S/C10H5O4/c1-14-9-2-7(4-11)10(6-13)8(3-9)5-12/h2-3H,1H3. The first-order valence-electron chi connectivity index (χ1n) is 3.63. The van der Waals surface area contributed by atoms with Gasteiger partial charge in [-0.2, -0.15) is 0 Å². The highest BCUT2D eigenvalue weighted by molar-refractivity contribution is 5.99. The van der Waals surface area contributed by atoms with Crippen molar-refractivity contribution < 1.29 is 19.1 Å². The number of methoxy groups -OCH3 is 1. The van der Waals surface area contributed by atoms with E-state index in [-0.39, 0.29) is 16.7 Å². The van der Waals surface area contributed by atoms with Gasteiger partial charge < -0.3 is 4.74 Å². The van der Waals surface area contributed by atoms with Crippen molar-refractivity contribution in [1.82, 2.24) is 0 Å². The van der Waals surface area contributed by atoms with Crippen LogP contribution in [0.2, 0.25) is 0 Å². The summed E-state index contributed by atoms with van der Waals surface area (Å²) < 4.78 is 4.81. The van der Waals surface area contributed by atoms with Crippen LogP contribution in [0.5, 0.6) is 5.75 Å². The van der Waals surface area contributed by atoms with Crippen LogP contribution < -0.4 is 4.74 Å².